The predicted molar refractivity (Wildman–Crippen MR) is 83.6 cm³/mol. The van der Waals surface area contributed by atoms with Crippen molar-refractivity contribution in [1.29, 1.82) is 0 Å². The van der Waals surface area contributed by atoms with Gasteiger partial charge in [-0.15, -0.1) is 11.3 Å². The molecule has 2 rings (SSSR count). The number of likely N-dealkylation sites (N-methyl/N-ethyl adjacent to an activating group) is 1. The topological polar surface area (TPSA) is 12.0 Å². The molecule has 1 unspecified atom stereocenters. The summed E-state index contributed by atoms with van der Waals surface area (Å²) in [7, 11) is 0. The van der Waals surface area contributed by atoms with Crippen molar-refractivity contribution in [1.82, 2.24) is 5.32 Å². The van der Waals surface area contributed by atoms with Gasteiger partial charge in [-0.05, 0) is 35.7 Å². The van der Waals surface area contributed by atoms with E-state index in [1.54, 1.807) is 17.4 Å². The lowest BCUT2D eigenvalue weighted by Gasteiger charge is -2.20. The molecule has 0 aliphatic carbocycles. The van der Waals surface area contributed by atoms with E-state index in [0.717, 1.165) is 4.88 Å². The van der Waals surface area contributed by atoms with Crippen molar-refractivity contribution in [2.24, 2.45) is 0 Å². The molecule has 0 saturated heterocycles. The molecule has 0 aliphatic rings. The van der Waals surface area contributed by atoms with Crippen LogP contribution in [0.1, 0.15) is 29.0 Å². The molecule has 1 nitrogen and oxygen atoms in total. The maximum Gasteiger partial charge on any atom is 0.417 e. The van der Waals surface area contributed by atoms with Crippen LogP contribution < -0.4 is 5.32 Å². The lowest BCUT2D eigenvalue weighted by Crippen LogP contribution is -2.23. The van der Waals surface area contributed by atoms with Crippen molar-refractivity contribution in [2.75, 3.05) is 6.54 Å². The molecule has 0 fully saturated rings. The Morgan fingerprint density at radius 1 is 1.29 bits per heavy atom. The van der Waals surface area contributed by atoms with Crippen LogP contribution in [0.15, 0.2) is 40.2 Å². The van der Waals surface area contributed by atoms with Crippen molar-refractivity contribution >= 4 is 27.3 Å². The Morgan fingerprint density at radius 2 is 2.05 bits per heavy atom. The average molecular weight is 378 g/mol. The Bertz CT molecular complexity index is 581. The molecule has 21 heavy (non-hydrogen) atoms. The van der Waals surface area contributed by atoms with Crippen LogP contribution in [-0.2, 0) is 12.6 Å². The van der Waals surface area contributed by atoms with Gasteiger partial charge in [0.05, 0.1) is 5.56 Å². The van der Waals surface area contributed by atoms with Gasteiger partial charge in [-0.25, -0.2) is 0 Å². The van der Waals surface area contributed by atoms with E-state index < -0.39 is 11.7 Å². The van der Waals surface area contributed by atoms with Crippen LogP contribution in [0.3, 0.4) is 0 Å². The van der Waals surface area contributed by atoms with E-state index in [-0.39, 0.29) is 10.5 Å². The zero-order valence-electron chi connectivity index (χ0n) is 11.4. The molecule has 1 aromatic heterocycles. The number of halogens is 4. The second-order valence-electron chi connectivity index (χ2n) is 4.63. The minimum absolute atomic E-state index is 0.0742. The molecular weight excluding hydrogens is 363 g/mol. The van der Waals surface area contributed by atoms with Gasteiger partial charge in [-0.3, -0.25) is 0 Å². The molecule has 0 bridgehead atoms. The number of hydrogen-bond donors (Lipinski definition) is 1. The molecule has 6 heteroatoms. The summed E-state index contributed by atoms with van der Waals surface area (Å²) in [5, 5.41) is 5.23. The van der Waals surface area contributed by atoms with Crippen LogP contribution in [-0.4, -0.2) is 6.54 Å². The minimum Gasteiger partial charge on any atom is -0.310 e. The van der Waals surface area contributed by atoms with E-state index in [0.29, 0.717) is 18.5 Å². The first-order valence-corrected chi connectivity index (χ1v) is 8.21. The van der Waals surface area contributed by atoms with Crippen molar-refractivity contribution in [3.63, 3.8) is 0 Å². The third-order valence-corrected chi connectivity index (χ3v) is 4.72. The maximum absolute atomic E-state index is 13.0. The molecule has 1 atom stereocenters. The van der Waals surface area contributed by atoms with E-state index in [1.165, 1.54) is 12.1 Å². The van der Waals surface area contributed by atoms with Crippen LogP contribution in [0.5, 0.6) is 0 Å². The van der Waals surface area contributed by atoms with Crippen LogP contribution in [0.4, 0.5) is 13.2 Å². The van der Waals surface area contributed by atoms with Crippen molar-refractivity contribution < 1.29 is 13.2 Å². The molecule has 0 spiro atoms. The van der Waals surface area contributed by atoms with Crippen molar-refractivity contribution in [3.05, 3.63) is 56.2 Å². The van der Waals surface area contributed by atoms with Gasteiger partial charge in [0.25, 0.3) is 0 Å². The molecule has 1 N–H and O–H groups in total. The second kappa shape index (κ2) is 6.94. The molecule has 0 saturated carbocycles. The third-order valence-electron chi connectivity index (χ3n) is 3.13. The first kappa shape index (κ1) is 16.5. The highest BCUT2D eigenvalue weighted by atomic mass is 79.9. The Morgan fingerprint density at radius 3 is 2.62 bits per heavy atom. The number of benzene rings is 1. The van der Waals surface area contributed by atoms with Crippen LogP contribution in [0.2, 0.25) is 0 Å². The Labute approximate surface area is 134 Å². The summed E-state index contributed by atoms with van der Waals surface area (Å²) in [6.45, 7) is 2.65. The summed E-state index contributed by atoms with van der Waals surface area (Å²) in [6.07, 6.45) is -3.67. The van der Waals surface area contributed by atoms with Crippen LogP contribution in [0.25, 0.3) is 0 Å². The van der Waals surface area contributed by atoms with Gasteiger partial charge >= 0.3 is 6.18 Å². The van der Waals surface area contributed by atoms with Gasteiger partial charge in [0.2, 0.25) is 0 Å². The SMILES string of the molecule is CCNC(Cc1cccs1)c1ccc(Br)c(C(F)(F)F)c1. The first-order chi connectivity index (χ1) is 9.91. The molecule has 0 aliphatic heterocycles. The largest absolute Gasteiger partial charge is 0.417 e. The van der Waals surface area contributed by atoms with Gasteiger partial charge < -0.3 is 5.32 Å². The summed E-state index contributed by atoms with van der Waals surface area (Å²) in [4.78, 5) is 1.15. The molecule has 114 valence electrons. The lowest BCUT2D eigenvalue weighted by molar-refractivity contribution is -0.138. The van der Waals surface area contributed by atoms with E-state index in [9.17, 15) is 13.2 Å². The van der Waals surface area contributed by atoms with E-state index in [2.05, 4.69) is 21.2 Å². The fourth-order valence-electron chi connectivity index (χ4n) is 2.16. The fourth-order valence-corrected chi connectivity index (χ4v) is 3.38. The molecule has 1 heterocycles. The van der Waals surface area contributed by atoms with Gasteiger partial charge in [0, 0.05) is 21.8 Å². The summed E-state index contributed by atoms with van der Waals surface area (Å²) in [6, 6.07) is 8.26. The van der Waals surface area contributed by atoms with Gasteiger partial charge in [-0.1, -0.05) is 35.0 Å². The summed E-state index contributed by atoms with van der Waals surface area (Å²) < 4.78 is 39.1. The minimum atomic E-state index is -4.35. The Kier molecular flexibility index (Phi) is 5.46. The molecular formula is C15H15BrF3NS. The quantitative estimate of drug-likeness (QED) is 0.732. The van der Waals surface area contributed by atoms with E-state index >= 15 is 0 Å². The number of alkyl halides is 3. The monoisotopic (exact) mass is 377 g/mol. The zero-order valence-corrected chi connectivity index (χ0v) is 13.8. The van der Waals surface area contributed by atoms with Crippen LogP contribution >= 0.6 is 27.3 Å². The number of rotatable bonds is 5. The highest BCUT2D eigenvalue weighted by Gasteiger charge is 2.33. The van der Waals surface area contributed by atoms with Gasteiger partial charge in [0.15, 0.2) is 0 Å². The predicted octanol–water partition coefficient (Wildman–Crippen LogP) is 5.42. The van der Waals surface area contributed by atoms with E-state index in [4.69, 9.17) is 0 Å². The highest BCUT2D eigenvalue weighted by molar-refractivity contribution is 9.10. The molecule has 0 radical (unpaired) electrons. The summed E-state index contributed by atoms with van der Waals surface area (Å²) >= 11 is 4.59. The first-order valence-electron chi connectivity index (χ1n) is 6.54. The normalized spacial score (nSPS) is 13.4. The summed E-state index contributed by atoms with van der Waals surface area (Å²) in [5.74, 6) is 0. The zero-order chi connectivity index (χ0) is 15.5. The van der Waals surface area contributed by atoms with Crippen molar-refractivity contribution in [2.45, 2.75) is 25.6 Å². The molecule has 1 aromatic carbocycles. The maximum atomic E-state index is 13.0. The number of nitrogens with one attached hydrogen (secondary N) is 1. The second-order valence-corrected chi connectivity index (χ2v) is 6.52. The third kappa shape index (κ3) is 4.31. The lowest BCUT2D eigenvalue weighted by atomic mass is 10.0. The molecule has 2 aromatic rings. The standard InChI is InChI=1S/C15H15BrF3NS/c1-2-20-14(9-11-4-3-7-21-11)10-5-6-13(16)12(8-10)15(17,18)19/h3-8,14,20H,2,9H2,1H3. The molecule has 0 amide bonds. The Hall–Kier alpha value is -0.850. The number of thiophene rings is 1. The van der Waals surface area contributed by atoms with Gasteiger partial charge in [0.1, 0.15) is 0 Å². The van der Waals surface area contributed by atoms with Crippen LogP contribution in [0, 0.1) is 0 Å². The fraction of sp³-hybridized carbons (Fsp3) is 0.333. The smallest absolute Gasteiger partial charge is 0.310 e. The average Bonchev–Trinajstić information content (AvgIpc) is 2.90. The van der Waals surface area contributed by atoms with Crippen molar-refractivity contribution in [3.8, 4) is 0 Å². The highest BCUT2D eigenvalue weighted by Crippen LogP contribution is 2.36. The van der Waals surface area contributed by atoms with Gasteiger partial charge in [-0.2, -0.15) is 13.2 Å². The summed E-state index contributed by atoms with van der Waals surface area (Å²) in [5.41, 5.74) is 0.0230. The Balaban J connectivity index is 2.32. The number of hydrogen-bond acceptors (Lipinski definition) is 2. The van der Waals surface area contributed by atoms with E-state index in [1.807, 2.05) is 24.4 Å².